The van der Waals surface area contributed by atoms with Gasteiger partial charge < -0.3 is 14.6 Å². The van der Waals surface area contributed by atoms with Crippen LogP contribution >= 0.6 is 11.6 Å². The maximum atomic E-state index is 10.2. The summed E-state index contributed by atoms with van der Waals surface area (Å²) in [7, 11) is 0. The van der Waals surface area contributed by atoms with Gasteiger partial charge in [0.2, 0.25) is 11.6 Å². The van der Waals surface area contributed by atoms with Crippen LogP contribution < -0.4 is 0 Å². The van der Waals surface area contributed by atoms with Gasteiger partial charge in [-0.15, -0.1) is 11.6 Å². The van der Waals surface area contributed by atoms with Crippen LogP contribution in [-0.2, 0) is 5.88 Å². The van der Waals surface area contributed by atoms with Crippen LogP contribution in [0.1, 0.15) is 16.4 Å². The van der Waals surface area contributed by atoms with Gasteiger partial charge >= 0.3 is 11.9 Å². The summed E-state index contributed by atoms with van der Waals surface area (Å²) in [6, 6.07) is 0. The highest BCUT2D eigenvalue weighted by molar-refractivity contribution is 6.16. The molecule has 0 aliphatic rings. The summed E-state index contributed by atoms with van der Waals surface area (Å²) >= 11 is 5.26. The predicted molar refractivity (Wildman–Crippen MR) is 34.7 cm³/mol. The third-order valence-electron chi connectivity index (χ3n) is 0.970. The average molecular weight is 178 g/mol. The van der Waals surface area contributed by atoms with Gasteiger partial charge in [0.25, 0.3) is 0 Å². The first-order valence-electron chi connectivity index (χ1n) is 2.63. The molecule has 0 amide bonds. The molecule has 0 aliphatic carbocycles. The van der Waals surface area contributed by atoms with E-state index in [1.54, 1.807) is 0 Å². The standard InChI is InChI=1S/C5H4ClNO4/c6-1-2-7-3(4(8)9)5(10)11-2/h10H,1H2,(H,8,9). The fourth-order valence-corrected chi connectivity index (χ4v) is 0.666. The molecule has 1 heterocycles. The van der Waals surface area contributed by atoms with Crippen molar-refractivity contribution in [3.63, 3.8) is 0 Å². The molecule has 0 fully saturated rings. The summed E-state index contributed by atoms with van der Waals surface area (Å²) in [5.74, 6) is -2.14. The Labute approximate surface area is 66.2 Å². The van der Waals surface area contributed by atoms with Crippen LogP contribution in [0.2, 0.25) is 0 Å². The molecule has 5 nitrogen and oxygen atoms in total. The molecule has 0 saturated heterocycles. The minimum Gasteiger partial charge on any atom is -0.479 e. The number of carboxylic acids is 1. The van der Waals surface area contributed by atoms with Crippen LogP contribution in [0.3, 0.4) is 0 Å². The smallest absolute Gasteiger partial charge is 0.362 e. The number of carboxylic acid groups (broad SMARTS) is 1. The van der Waals surface area contributed by atoms with E-state index in [2.05, 4.69) is 9.40 Å². The van der Waals surface area contributed by atoms with Crippen LogP contribution in [0, 0.1) is 0 Å². The number of halogens is 1. The van der Waals surface area contributed by atoms with E-state index >= 15 is 0 Å². The molecule has 60 valence electrons. The fraction of sp³-hybridized carbons (Fsp3) is 0.200. The van der Waals surface area contributed by atoms with Crippen molar-refractivity contribution in [1.82, 2.24) is 4.98 Å². The highest BCUT2D eigenvalue weighted by Crippen LogP contribution is 2.18. The van der Waals surface area contributed by atoms with Crippen LogP contribution in [0.15, 0.2) is 4.42 Å². The molecule has 0 atom stereocenters. The lowest BCUT2D eigenvalue weighted by Crippen LogP contribution is -1.96. The Balaban J connectivity index is 3.07. The monoisotopic (exact) mass is 177 g/mol. The third kappa shape index (κ3) is 1.43. The number of alkyl halides is 1. The lowest BCUT2D eigenvalue weighted by molar-refractivity contribution is 0.0685. The highest BCUT2D eigenvalue weighted by Gasteiger charge is 2.17. The molecule has 1 aromatic heterocycles. The van der Waals surface area contributed by atoms with Gasteiger partial charge in [-0.05, 0) is 0 Å². The van der Waals surface area contributed by atoms with Gasteiger partial charge in [0.05, 0.1) is 5.88 Å². The van der Waals surface area contributed by atoms with E-state index < -0.39 is 17.6 Å². The highest BCUT2D eigenvalue weighted by atomic mass is 35.5. The molecule has 11 heavy (non-hydrogen) atoms. The SMILES string of the molecule is O=C(O)c1nc(CCl)oc1O. The zero-order chi connectivity index (χ0) is 8.43. The molecular weight excluding hydrogens is 174 g/mol. The largest absolute Gasteiger partial charge is 0.479 e. The molecule has 0 aromatic carbocycles. The number of carbonyl (C=O) groups is 1. The van der Waals surface area contributed by atoms with Crippen molar-refractivity contribution in [2.45, 2.75) is 5.88 Å². The zero-order valence-electron chi connectivity index (χ0n) is 5.24. The molecule has 0 spiro atoms. The van der Waals surface area contributed by atoms with Gasteiger partial charge in [-0.1, -0.05) is 0 Å². The number of aromatic nitrogens is 1. The van der Waals surface area contributed by atoms with Crippen LogP contribution in [-0.4, -0.2) is 21.2 Å². The molecule has 0 bridgehead atoms. The Hall–Kier alpha value is -1.23. The topological polar surface area (TPSA) is 83.6 Å². The van der Waals surface area contributed by atoms with Crippen molar-refractivity contribution in [1.29, 1.82) is 0 Å². The van der Waals surface area contributed by atoms with Gasteiger partial charge in [0.15, 0.2) is 0 Å². The normalized spacial score (nSPS) is 9.91. The molecule has 0 unspecified atom stereocenters. The van der Waals surface area contributed by atoms with Crippen molar-refractivity contribution < 1.29 is 19.4 Å². The number of nitrogens with zero attached hydrogens (tertiary/aromatic N) is 1. The second kappa shape index (κ2) is 2.79. The lowest BCUT2D eigenvalue weighted by Gasteiger charge is -1.81. The van der Waals surface area contributed by atoms with Crippen LogP contribution in [0.4, 0.5) is 0 Å². The number of hydrogen-bond donors (Lipinski definition) is 2. The molecule has 1 aromatic rings. The van der Waals surface area contributed by atoms with Gasteiger partial charge in [0.1, 0.15) is 0 Å². The van der Waals surface area contributed by atoms with E-state index in [9.17, 15) is 4.79 Å². The van der Waals surface area contributed by atoms with E-state index in [-0.39, 0.29) is 11.8 Å². The van der Waals surface area contributed by atoms with Crippen molar-refractivity contribution in [3.8, 4) is 5.95 Å². The average Bonchev–Trinajstić information content (AvgIpc) is 2.30. The maximum Gasteiger partial charge on any atom is 0.362 e. The summed E-state index contributed by atoms with van der Waals surface area (Å²) < 4.78 is 4.46. The van der Waals surface area contributed by atoms with E-state index in [0.29, 0.717) is 0 Å². The second-order valence-corrected chi connectivity index (χ2v) is 1.97. The maximum absolute atomic E-state index is 10.2. The Morgan fingerprint density at radius 2 is 2.36 bits per heavy atom. The first-order chi connectivity index (χ1) is 5.15. The minimum absolute atomic E-state index is 0.0124. The number of hydrogen-bond acceptors (Lipinski definition) is 4. The van der Waals surface area contributed by atoms with E-state index in [0.717, 1.165) is 0 Å². The summed E-state index contributed by atoms with van der Waals surface area (Å²) in [6.45, 7) is 0. The van der Waals surface area contributed by atoms with Crippen molar-refractivity contribution in [3.05, 3.63) is 11.6 Å². The molecule has 0 saturated carbocycles. The zero-order valence-corrected chi connectivity index (χ0v) is 6.00. The summed E-state index contributed by atoms with van der Waals surface area (Å²) in [6.07, 6.45) is 0. The van der Waals surface area contributed by atoms with Crippen molar-refractivity contribution >= 4 is 17.6 Å². The molecule has 0 aliphatic heterocycles. The van der Waals surface area contributed by atoms with E-state index in [4.69, 9.17) is 21.8 Å². The van der Waals surface area contributed by atoms with E-state index in [1.165, 1.54) is 0 Å². The molecule has 6 heteroatoms. The van der Waals surface area contributed by atoms with Gasteiger partial charge in [-0.25, -0.2) is 9.78 Å². The van der Waals surface area contributed by atoms with Gasteiger partial charge in [-0.3, -0.25) is 0 Å². The predicted octanol–water partition coefficient (Wildman–Crippen LogP) is 0.817. The Kier molecular flexibility index (Phi) is 2.00. The summed E-state index contributed by atoms with van der Waals surface area (Å²) in [4.78, 5) is 13.6. The Morgan fingerprint density at radius 1 is 1.73 bits per heavy atom. The third-order valence-corrected chi connectivity index (χ3v) is 1.20. The number of rotatable bonds is 2. The van der Waals surface area contributed by atoms with Crippen molar-refractivity contribution in [2.24, 2.45) is 0 Å². The van der Waals surface area contributed by atoms with Gasteiger partial charge in [-0.2, -0.15) is 0 Å². The quantitative estimate of drug-likeness (QED) is 0.654. The summed E-state index contributed by atoms with van der Waals surface area (Å²) in [5.41, 5.74) is -0.513. The second-order valence-electron chi connectivity index (χ2n) is 1.70. The fourth-order valence-electron chi connectivity index (χ4n) is 0.552. The Bertz CT molecular complexity index is 282. The van der Waals surface area contributed by atoms with Gasteiger partial charge in [0, 0.05) is 0 Å². The van der Waals surface area contributed by atoms with Crippen molar-refractivity contribution in [2.75, 3.05) is 0 Å². The van der Waals surface area contributed by atoms with Crippen LogP contribution in [0.5, 0.6) is 5.95 Å². The number of oxazole rings is 1. The number of aromatic hydroxyl groups is 1. The summed E-state index contributed by atoms with van der Waals surface area (Å²) in [5, 5.41) is 17.1. The molecule has 1 rings (SSSR count). The lowest BCUT2D eigenvalue weighted by atomic mass is 10.5. The first kappa shape index (κ1) is 7.87. The number of aromatic carboxylic acids is 1. The molecular formula is C5H4ClNO4. The van der Waals surface area contributed by atoms with Crippen LogP contribution in [0.25, 0.3) is 0 Å². The van der Waals surface area contributed by atoms with E-state index in [1.807, 2.05) is 0 Å². The first-order valence-corrected chi connectivity index (χ1v) is 3.16. The minimum atomic E-state index is -1.34. The molecule has 2 N–H and O–H groups in total. The molecule has 0 radical (unpaired) electrons. The Morgan fingerprint density at radius 3 is 2.64 bits per heavy atom.